The molecule has 0 saturated carbocycles. The summed E-state index contributed by atoms with van der Waals surface area (Å²) in [7, 11) is 0. The van der Waals surface area contributed by atoms with Crippen LogP contribution in [0.2, 0.25) is 0 Å². The molecule has 1 aliphatic heterocycles. The molecule has 0 aliphatic carbocycles. The normalized spacial score (nSPS) is 12.5. The molecule has 7 heteroatoms. The summed E-state index contributed by atoms with van der Waals surface area (Å²) in [6.07, 6.45) is 1.64. The van der Waals surface area contributed by atoms with E-state index in [9.17, 15) is 4.79 Å². The molecule has 0 atom stereocenters. The Morgan fingerprint density at radius 1 is 1.23 bits per heavy atom. The molecule has 3 aromatic rings. The van der Waals surface area contributed by atoms with Gasteiger partial charge in [0.05, 0.1) is 6.54 Å². The number of aromatic nitrogens is 2. The Morgan fingerprint density at radius 3 is 3.05 bits per heavy atom. The van der Waals surface area contributed by atoms with E-state index in [4.69, 9.17) is 13.9 Å². The first-order valence-corrected chi connectivity index (χ1v) is 6.68. The third kappa shape index (κ3) is 2.22. The Balaban J connectivity index is 1.47. The summed E-state index contributed by atoms with van der Waals surface area (Å²) in [5.41, 5.74) is 1.60. The number of ether oxygens (including phenoxy) is 2. The third-order valence-corrected chi connectivity index (χ3v) is 3.24. The van der Waals surface area contributed by atoms with Crippen LogP contribution in [0.25, 0.3) is 11.2 Å². The van der Waals surface area contributed by atoms with Crippen molar-refractivity contribution in [1.82, 2.24) is 15.3 Å². The molecular weight excluding hydrogens is 286 g/mol. The van der Waals surface area contributed by atoms with Gasteiger partial charge in [0.2, 0.25) is 12.7 Å². The maximum atomic E-state index is 12.1. The van der Waals surface area contributed by atoms with Crippen molar-refractivity contribution >= 4 is 17.1 Å². The van der Waals surface area contributed by atoms with Gasteiger partial charge in [0.25, 0.3) is 5.91 Å². The molecule has 1 amide bonds. The molecule has 0 unspecified atom stereocenters. The number of hydrogen-bond donors (Lipinski definition) is 1. The molecule has 0 bridgehead atoms. The topological polar surface area (TPSA) is 86.5 Å². The van der Waals surface area contributed by atoms with Gasteiger partial charge < -0.3 is 19.2 Å². The number of benzene rings is 1. The van der Waals surface area contributed by atoms with E-state index in [-0.39, 0.29) is 19.2 Å². The van der Waals surface area contributed by atoms with Crippen LogP contribution in [0.5, 0.6) is 11.5 Å². The number of carbonyl (C=O) groups is 1. The van der Waals surface area contributed by atoms with Crippen molar-refractivity contribution in [2.24, 2.45) is 0 Å². The average Bonchev–Trinajstić information content (AvgIpc) is 3.17. The zero-order valence-electron chi connectivity index (χ0n) is 11.4. The number of fused-ring (bicyclic) bond motifs is 2. The van der Waals surface area contributed by atoms with E-state index in [1.807, 2.05) is 0 Å². The highest BCUT2D eigenvalue weighted by molar-refractivity contribution is 5.94. The lowest BCUT2D eigenvalue weighted by Gasteiger charge is -2.03. The lowest BCUT2D eigenvalue weighted by molar-refractivity contribution is 0.0947. The second kappa shape index (κ2) is 5.03. The molecule has 0 radical (unpaired) electrons. The second-order valence-corrected chi connectivity index (χ2v) is 4.68. The van der Waals surface area contributed by atoms with E-state index in [1.165, 1.54) is 0 Å². The predicted molar refractivity (Wildman–Crippen MR) is 75.5 cm³/mol. The van der Waals surface area contributed by atoms with Gasteiger partial charge in [-0.3, -0.25) is 4.79 Å². The number of rotatable bonds is 3. The van der Waals surface area contributed by atoms with E-state index < -0.39 is 0 Å². The van der Waals surface area contributed by atoms with Gasteiger partial charge >= 0.3 is 0 Å². The van der Waals surface area contributed by atoms with Crippen LogP contribution in [-0.4, -0.2) is 22.7 Å². The number of amides is 1. The molecule has 3 heterocycles. The molecule has 0 saturated heterocycles. The molecule has 2 aromatic heterocycles. The summed E-state index contributed by atoms with van der Waals surface area (Å²) >= 11 is 0. The highest BCUT2D eigenvalue weighted by atomic mass is 16.7. The van der Waals surface area contributed by atoms with Gasteiger partial charge in [-0.15, -0.1) is 0 Å². The maximum absolute atomic E-state index is 12.1. The zero-order chi connectivity index (χ0) is 14.9. The minimum atomic E-state index is -0.242. The lowest BCUT2D eigenvalue weighted by Crippen LogP contribution is -2.22. The van der Waals surface area contributed by atoms with Crippen LogP contribution in [0.1, 0.15) is 16.2 Å². The highest BCUT2D eigenvalue weighted by Gasteiger charge is 2.16. The first-order valence-electron chi connectivity index (χ1n) is 6.68. The minimum absolute atomic E-state index is 0.177. The van der Waals surface area contributed by atoms with Crippen LogP contribution in [0.4, 0.5) is 0 Å². The molecule has 7 nitrogen and oxygen atoms in total. The molecule has 22 heavy (non-hydrogen) atoms. The summed E-state index contributed by atoms with van der Waals surface area (Å²) < 4.78 is 16.0. The van der Waals surface area contributed by atoms with Crippen molar-refractivity contribution in [2.45, 2.75) is 6.54 Å². The van der Waals surface area contributed by atoms with Crippen molar-refractivity contribution in [3.05, 3.63) is 48.0 Å². The molecule has 1 N–H and O–H groups in total. The number of hydrogen-bond acceptors (Lipinski definition) is 6. The van der Waals surface area contributed by atoms with Gasteiger partial charge in [0, 0.05) is 11.8 Å². The number of oxazole rings is 1. The Labute approximate surface area is 124 Å². The summed E-state index contributed by atoms with van der Waals surface area (Å²) in [4.78, 5) is 20.4. The second-order valence-electron chi connectivity index (χ2n) is 4.68. The lowest BCUT2D eigenvalue weighted by atomic mass is 10.2. The Morgan fingerprint density at radius 2 is 2.14 bits per heavy atom. The zero-order valence-corrected chi connectivity index (χ0v) is 11.4. The van der Waals surface area contributed by atoms with Crippen LogP contribution < -0.4 is 14.8 Å². The molecule has 0 spiro atoms. The highest BCUT2D eigenvalue weighted by Crippen LogP contribution is 2.32. The fraction of sp³-hybridized carbons (Fsp3) is 0.133. The number of pyridine rings is 1. The quantitative estimate of drug-likeness (QED) is 0.794. The van der Waals surface area contributed by atoms with Crippen LogP contribution >= 0.6 is 0 Å². The summed E-state index contributed by atoms with van der Waals surface area (Å²) in [6.45, 7) is 0.361. The summed E-state index contributed by atoms with van der Waals surface area (Å²) in [5.74, 6) is 1.37. The number of carbonyl (C=O) groups excluding carboxylic acids is 1. The molecule has 0 fully saturated rings. The van der Waals surface area contributed by atoms with Crippen molar-refractivity contribution < 1.29 is 18.7 Å². The van der Waals surface area contributed by atoms with Crippen LogP contribution in [-0.2, 0) is 6.54 Å². The van der Waals surface area contributed by atoms with Gasteiger partial charge in [-0.2, -0.15) is 4.98 Å². The standard InChI is InChI=1S/C15H11N3O4/c19-15(9-3-4-10-12(6-9)21-8-20-10)17-7-13-18-14-11(22-13)2-1-5-16-14/h1-6H,7-8H2,(H,17,19). The van der Waals surface area contributed by atoms with Crippen molar-refractivity contribution in [3.63, 3.8) is 0 Å². The van der Waals surface area contributed by atoms with E-state index in [1.54, 1.807) is 36.5 Å². The first-order chi connectivity index (χ1) is 10.8. The molecule has 1 aliphatic rings. The SMILES string of the molecule is O=C(NCc1nc2ncccc2o1)c1ccc2c(c1)OCO2. The van der Waals surface area contributed by atoms with Crippen molar-refractivity contribution in [2.75, 3.05) is 6.79 Å². The van der Waals surface area contributed by atoms with Crippen LogP contribution in [0.15, 0.2) is 40.9 Å². The predicted octanol–water partition coefficient (Wildman–Crippen LogP) is 1.88. The summed E-state index contributed by atoms with van der Waals surface area (Å²) in [6, 6.07) is 8.57. The average molecular weight is 297 g/mol. The fourth-order valence-corrected chi connectivity index (χ4v) is 2.19. The minimum Gasteiger partial charge on any atom is -0.454 e. The van der Waals surface area contributed by atoms with Gasteiger partial charge in [0.15, 0.2) is 22.7 Å². The Hall–Kier alpha value is -3.09. The first kappa shape index (κ1) is 12.6. The summed E-state index contributed by atoms with van der Waals surface area (Å²) in [5, 5.41) is 2.75. The van der Waals surface area contributed by atoms with Gasteiger partial charge in [-0.25, -0.2) is 4.98 Å². The molecule has 1 aromatic carbocycles. The van der Waals surface area contributed by atoms with Crippen molar-refractivity contribution in [3.8, 4) is 11.5 Å². The largest absolute Gasteiger partial charge is 0.454 e. The van der Waals surface area contributed by atoms with Gasteiger partial charge in [-0.1, -0.05) is 0 Å². The third-order valence-electron chi connectivity index (χ3n) is 3.24. The molecule has 110 valence electrons. The van der Waals surface area contributed by atoms with Crippen molar-refractivity contribution in [1.29, 1.82) is 0 Å². The maximum Gasteiger partial charge on any atom is 0.251 e. The number of nitrogens with zero attached hydrogens (tertiary/aromatic N) is 2. The Bertz CT molecular complexity index is 826. The van der Waals surface area contributed by atoms with E-state index in [0.29, 0.717) is 34.2 Å². The van der Waals surface area contributed by atoms with E-state index in [2.05, 4.69) is 15.3 Å². The van der Waals surface area contributed by atoms with Crippen LogP contribution in [0.3, 0.4) is 0 Å². The monoisotopic (exact) mass is 297 g/mol. The molecular formula is C15H11N3O4. The smallest absolute Gasteiger partial charge is 0.251 e. The Kier molecular flexibility index (Phi) is 2.89. The van der Waals surface area contributed by atoms with E-state index in [0.717, 1.165) is 0 Å². The molecule has 4 rings (SSSR count). The fourth-order valence-electron chi connectivity index (χ4n) is 2.19. The van der Waals surface area contributed by atoms with Crippen LogP contribution in [0, 0.1) is 0 Å². The number of nitrogens with one attached hydrogen (secondary N) is 1. The van der Waals surface area contributed by atoms with Gasteiger partial charge in [-0.05, 0) is 30.3 Å². The van der Waals surface area contributed by atoms with Gasteiger partial charge in [0.1, 0.15) is 0 Å². The van der Waals surface area contributed by atoms with E-state index >= 15 is 0 Å².